The number of piperidine rings is 1. The zero-order chi connectivity index (χ0) is 19.6. The minimum absolute atomic E-state index is 0. The number of carbonyl (C=O) groups excluding carboxylic acids is 2. The number of hydrogen-bond donors (Lipinski definition) is 0. The molecule has 0 spiro atoms. The van der Waals surface area contributed by atoms with Crippen molar-refractivity contribution in [1.29, 1.82) is 0 Å². The second-order valence-corrected chi connectivity index (χ2v) is 7.17. The van der Waals surface area contributed by atoms with Crippen LogP contribution in [0.2, 0.25) is 0 Å². The average molecular weight is 461 g/mol. The topological polar surface area (TPSA) is 54.7 Å². The molecule has 2 aliphatic rings. The van der Waals surface area contributed by atoms with Crippen molar-refractivity contribution in [2.75, 3.05) is 45.8 Å². The van der Waals surface area contributed by atoms with E-state index in [1.165, 1.54) is 13.0 Å². The van der Waals surface area contributed by atoms with E-state index < -0.39 is 0 Å². The molecule has 2 fully saturated rings. The molecule has 6 heteroatoms. The molecule has 1 radical (unpaired) electrons. The van der Waals surface area contributed by atoms with E-state index in [-0.39, 0.29) is 44.4 Å². The Balaban J connectivity index is 0.00000127. The maximum atomic E-state index is 12.6. The normalized spacial score (nSPS) is 17.9. The second-order valence-electron chi connectivity index (χ2n) is 7.17. The third-order valence-electron chi connectivity index (χ3n) is 5.44. The van der Waals surface area contributed by atoms with Crippen molar-refractivity contribution in [3.8, 4) is 0 Å². The van der Waals surface area contributed by atoms with Gasteiger partial charge in [0, 0.05) is 56.9 Å². The SMILES string of the molecule is CC.CC(=O)c1ccc(C(=O)N2CCC(CCN3CC[N-]CC3)CC2)cc1.[Y]. The Morgan fingerprint density at radius 2 is 1.50 bits per heavy atom. The number of nitrogens with zero attached hydrogens (tertiary/aromatic N) is 3. The molecular formula is C22H34N3O2Y-. The summed E-state index contributed by atoms with van der Waals surface area (Å²) in [5, 5.41) is 4.39. The maximum absolute atomic E-state index is 12.6. The molecule has 0 saturated carbocycles. The molecule has 3 rings (SSSR count). The Labute approximate surface area is 195 Å². The largest absolute Gasteiger partial charge is 0.660 e. The van der Waals surface area contributed by atoms with Gasteiger partial charge in [-0.1, -0.05) is 26.0 Å². The smallest absolute Gasteiger partial charge is 0.253 e. The molecule has 0 unspecified atom stereocenters. The Kier molecular flexibility index (Phi) is 12.3. The molecule has 1 aromatic rings. The zero-order valence-electron chi connectivity index (χ0n) is 17.7. The number of benzene rings is 1. The van der Waals surface area contributed by atoms with Gasteiger partial charge < -0.3 is 15.1 Å². The second kappa shape index (κ2) is 13.6. The number of rotatable bonds is 5. The molecule has 2 saturated heterocycles. The number of amides is 1. The molecule has 0 aliphatic carbocycles. The fourth-order valence-electron chi connectivity index (χ4n) is 3.69. The van der Waals surface area contributed by atoms with Gasteiger partial charge in [-0.05, 0) is 63.9 Å². The number of Topliss-reactive ketones (excluding diaryl/α,β-unsaturated/α-hetero) is 1. The van der Waals surface area contributed by atoms with Crippen LogP contribution in [-0.2, 0) is 32.7 Å². The summed E-state index contributed by atoms with van der Waals surface area (Å²) in [5.41, 5.74) is 1.33. The van der Waals surface area contributed by atoms with Gasteiger partial charge in [-0.2, -0.15) is 0 Å². The summed E-state index contributed by atoms with van der Waals surface area (Å²) in [6.07, 6.45) is 3.42. The van der Waals surface area contributed by atoms with E-state index in [1.54, 1.807) is 31.2 Å². The fourth-order valence-corrected chi connectivity index (χ4v) is 3.69. The van der Waals surface area contributed by atoms with Gasteiger partial charge in [0.2, 0.25) is 0 Å². The summed E-state index contributed by atoms with van der Waals surface area (Å²) in [7, 11) is 0. The third-order valence-corrected chi connectivity index (χ3v) is 5.44. The summed E-state index contributed by atoms with van der Waals surface area (Å²) in [4.78, 5) is 28.4. The summed E-state index contributed by atoms with van der Waals surface area (Å²) >= 11 is 0. The van der Waals surface area contributed by atoms with E-state index >= 15 is 0 Å². The number of carbonyl (C=O) groups is 2. The monoisotopic (exact) mass is 461 g/mol. The molecule has 5 nitrogen and oxygen atoms in total. The van der Waals surface area contributed by atoms with Gasteiger partial charge in [-0.3, -0.25) is 9.59 Å². The first kappa shape index (κ1) is 25.4. The van der Waals surface area contributed by atoms with Crippen LogP contribution in [0.25, 0.3) is 5.32 Å². The summed E-state index contributed by atoms with van der Waals surface area (Å²) in [5.74, 6) is 0.844. The Bertz CT molecular complexity index is 592. The van der Waals surface area contributed by atoms with Crippen molar-refractivity contribution in [2.45, 2.75) is 40.0 Å². The predicted octanol–water partition coefficient (Wildman–Crippen LogP) is 3.84. The van der Waals surface area contributed by atoms with Gasteiger partial charge >= 0.3 is 0 Å². The molecule has 153 valence electrons. The molecule has 1 amide bonds. The van der Waals surface area contributed by atoms with E-state index in [1.807, 2.05) is 18.7 Å². The Hall–Kier alpha value is -0.616. The molecule has 1 aromatic carbocycles. The fraction of sp³-hybridized carbons (Fsp3) is 0.636. The molecule has 0 N–H and O–H groups in total. The average Bonchev–Trinajstić information content (AvgIpc) is 2.74. The van der Waals surface area contributed by atoms with Crippen LogP contribution in [0, 0.1) is 5.92 Å². The minimum Gasteiger partial charge on any atom is -0.660 e. The van der Waals surface area contributed by atoms with Gasteiger partial charge in [0.25, 0.3) is 5.91 Å². The first-order valence-corrected chi connectivity index (χ1v) is 10.4. The van der Waals surface area contributed by atoms with Crippen LogP contribution in [0.3, 0.4) is 0 Å². The van der Waals surface area contributed by atoms with Crippen LogP contribution >= 0.6 is 0 Å². The maximum Gasteiger partial charge on any atom is 0.253 e. The van der Waals surface area contributed by atoms with Gasteiger partial charge in [-0.15, -0.1) is 13.1 Å². The van der Waals surface area contributed by atoms with Crippen molar-refractivity contribution in [3.05, 3.63) is 40.7 Å². The number of hydrogen-bond acceptors (Lipinski definition) is 3. The summed E-state index contributed by atoms with van der Waals surface area (Å²) < 4.78 is 0. The van der Waals surface area contributed by atoms with Crippen LogP contribution in [0.4, 0.5) is 0 Å². The van der Waals surface area contributed by atoms with Crippen molar-refractivity contribution in [1.82, 2.24) is 9.80 Å². The first-order valence-electron chi connectivity index (χ1n) is 10.4. The zero-order valence-corrected chi connectivity index (χ0v) is 20.5. The van der Waals surface area contributed by atoms with E-state index in [9.17, 15) is 9.59 Å². The molecule has 0 atom stereocenters. The summed E-state index contributed by atoms with van der Waals surface area (Å²) in [6, 6.07) is 7.03. The van der Waals surface area contributed by atoms with Crippen LogP contribution < -0.4 is 0 Å². The van der Waals surface area contributed by atoms with Crippen LogP contribution in [-0.4, -0.2) is 67.3 Å². The number of piperazine rings is 1. The van der Waals surface area contributed by atoms with Crippen molar-refractivity contribution in [2.24, 2.45) is 5.92 Å². The first-order chi connectivity index (χ1) is 13.1. The molecular weight excluding hydrogens is 427 g/mol. The molecule has 0 bridgehead atoms. The van der Waals surface area contributed by atoms with Gasteiger partial charge in [0.05, 0.1) is 0 Å². The summed E-state index contributed by atoms with van der Waals surface area (Å²) in [6.45, 7) is 12.6. The standard InChI is InChI=1S/C20H28N3O2.C2H6.Y/c1-16(24)18-2-4-19(5-3-18)20(25)23-12-7-17(8-13-23)6-11-22-14-9-21-10-15-22;1-2;/h2-5,17H,6-15H2,1H3;1-2H3;/q-1;;. The number of likely N-dealkylation sites (tertiary alicyclic amines) is 1. The predicted molar refractivity (Wildman–Crippen MR) is 111 cm³/mol. The molecule has 0 aromatic heterocycles. The van der Waals surface area contributed by atoms with E-state index in [2.05, 4.69) is 10.2 Å². The van der Waals surface area contributed by atoms with E-state index in [0.717, 1.165) is 58.0 Å². The quantitative estimate of drug-likeness (QED) is 0.627. The van der Waals surface area contributed by atoms with Crippen molar-refractivity contribution >= 4 is 11.7 Å². The Morgan fingerprint density at radius 3 is 2.04 bits per heavy atom. The third kappa shape index (κ3) is 7.66. The number of ketones is 1. The van der Waals surface area contributed by atoms with E-state index in [0.29, 0.717) is 11.1 Å². The molecule has 2 aliphatic heterocycles. The molecule has 2 heterocycles. The molecule has 28 heavy (non-hydrogen) atoms. The minimum atomic E-state index is 0. The van der Waals surface area contributed by atoms with Crippen LogP contribution in [0.5, 0.6) is 0 Å². The van der Waals surface area contributed by atoms with Gasteiger partial charge in [0.1, 0.15) is 0 Å². The van der Waals surface area contributed by atoms with E-state index in [4.69, 9.17) is 0 Å². The van der Waals surface area contributed by atoms with Crippen molar-refractivity contribution < 1.29 is 42.3 Å². The Morgan fingerprint density at radius 1 is 0.964 bits per heavy atom. The van der Waals surface area contributed by atoms with Crippen LogP contribution in [0.1, 0.15) is 60.7 Å². The van der Waals surface area contributed by atoms with Gasteiger partial charge in [0.15, 0.2) is 5.78 Å². The van der Waals surface area contributed by atoms with Crippen molar-refractivity contribution in [3.63, 3.8) is 0 Å². The van der Waals surface area contributed by atoms with Crippen LogP contribution in [0.15, 0.2) is 24.3 Å². The van der Waals surface area contributed by atoms with Gasteiger partial charge in [-0.25, -0.2) is 0 Å².